The van der Waals surface area contributed by atoms with E-state index < -0.39 is 0 Å². The molecule has 0 unspecified atom stereocenters. The van der Waals surface area contributed by atoms with Gasteiger partial charge in [-0.05, 0) is 26.7 Å². The van der Waals surface area contributed by atoms with Gasteiger partial charge in [-0.15, -0.1) is 0 Å². The molecule has 1 saturated heterocycles. The van der Waals surface area contributed by atoms with Crippen LogP contribution in [0.3, 0.4) is 0 Å². The Labute approximate surface area is 91.1 Å². The standard InChI is InChI=1S/C12H19NO2/c1-10-4-3-6-13(7-5-10)11(14)12(2)8-15-9-12/h4H,3,5-9H2,1-2H3. The summed E-state index contributed by atoms with van der Waals surface area (Å²) in [4.78, 5) is 14.2. The van der Waals surface area contributed by atoms with Crippen LogP contribution in [0.25, 0.3) is 0 Å². The van der Waals surface area contributed by atoms with E-state index in [1.54, 1.807) is 0 Å². The van der Waals surface area contributed by atoms with Gasteiger partial charge >= 0.3 is 0 Å². The summed E-state index contributed by atoms with van der Waals surface area (Å²) in [6.07, 6.45) is 4.25. The summed E-state index contributed by atoms with van der Waals surface area (Å²) in [6.45, 7) is 7.07. The van der Waals surface area contributed by atoms with Crippen molar-refractivity contribution in [1.82, 2.24) is 4.90 Å². The maximum absolute atomic E-state index is 12.2. The average Bonchev–Trinajstić information content (AvgIpc) is 2.38. The molecule has 0 aliphatic carbocycles. The molecule has 3 nitrogen and oxygen atoms in total. The van der Waals surface area contributed by atoms with Crippen molar-refractivity contribution < 1.29 is 9.53 Å². The van der Waals surface area contributed by atoms with Crippen molar-refractivity contribution in [2.24, 2.45) is 5.41 Å². The van der Waals surface area contributed by atoms with Crippen molar-refractivity contribution in [3.05, 3.63) is 11.6 Å². The van der Waals surface area contributed by atoms with Crippen LogP contribution in [0.15, 0.2) is 11.6 Å². The molecule has 0 aromatic rings. The Bertz CT molecular complexity index is 292. The zero-order valence-corrected chi connectivity index (χ0v) is 9.58. The van der Waals surface area contributed by atoms with Crippen molar-refractivity contribution >= 4 is 5.91 Å². The predicted octanol–water partition coefficient (Wildman–Crippen LogP) is 1.59. The summed E-state index contributed by atoms with van der Waals surface area (Å²) < 4.78 is 5.14. The molecule has 3 heteroatoms. The molecule has 15 heavy (non-hydrogen) atoms. The van der Waals surface area contributed by atoms with Gasteiger partial charge in [0.25, 0.3) is 0 Å². The highest BCUT2D eigenvalue weighted by Gasteiger charge is 2.43. The molecular formula is C12H19NO2. The maximum Gasteiger partial charge on any atom is 0.233 e. The van der Waals surface area contributed by atoms with E-state index in [2.05, 4.69) is 13.0 Å². The molecule has 0 atom stereocenters. The summed E-state index contributed by atoms with van der Waals surface area (Å²) >= 11 is 0. The number of rotatable bonds is 1. The summed E-state index contributed by atoms with van der Waals surface area (Å²) in [5.74, 6) is 0.275. The number of ether oxygens (including phenoxy) is 1. The summed E-state index contributed by atoms with van der Waals surface area (Å²) in [6, 6.07) is 0. The van der Waals surface area contributed by atoms with Gasteiger partial charge in [0.15, 0.2) is 0 Å². The molecule has 2 aliphatic rings. The van der Waals surface area contributed by atoms with Crippen LogP contribution in [0.4, 0.5) is 0 Å². The molecule has 1 amide bonds. The lowest BCUT2D eigenvalue weighted by Crippen LogP contribution is -2.53. The first kappa shape index (κ1) is 10.7. The molecule has 1 fully saturated rings. The summed E-state index contributed by atoms with van der Waals surface area (Å²) in [5, 5.41) is 0. The largest absolute Gasteiger partial charge is 0.379 e. The van der Waals surface area contributed by atoms with E-state index in [0.717, 1.165) is 25.9 Å². The highest BCUT2D eigenvalue weighted by molar-refractivity contribution is 5.83. The molecular weight excluding hydrogens is 190 g/mol. The lowest BCUT2D eigenvalue weighted by molar-refractivity contribution is -0.168. The smallest absolute Gasteiger partial charge is 0.233 e. The first-order valence-electron chi connectivity index (χ1n) is 5.65. The number of amides is 1. The number of carbonyl (C=O) groups excluding carboxylic acids is 1. The van der Waals surface area contributed by atoms with Crippen LogP contribution >= 0.6 is 0 Å². The second kappa shape index (κ2) is 3.97. The molecule has 0 N–H and O–H groups in total. The lowest BCUT2D eigenvalue weighted by Gasteiger charge is -2.40. The van der Waals surface area contributed by atoms with E-state index in [1.807, 2.05) is 11.8 Å². The number of hydrogen-bond donors (Lipinski definition) is 0. The SMILES string of the molecule is CC1=CCCN(C(=O)C2(C)COC2)CC1. The van der Waals surface area contributed by atoms with Crippen molar-refractivity contribution in [1.29, 1.82) is 0 Å². The van der Waals surface area contributed by atoms with Crippen LogP contribution in [0.2, 0.25) is 0 Å². The number of carbonyl (C=O) groups is 1. The van der Waals surface area contributed by atoms with Crippen molar-refractivity contribution in [2.45, 2.75) is 26.7 Å². The lowest BCUT2D eigenvalue weighted by atomic mass is 9.87. The average molecular weight is 209 g/mol. The van der Waals surface area contributed by atoms with E-state index in [4.69, 9.17) is 4.74 Å². The third-order valence-electron chi connectivity index (χ3n) is 3.31. The van der Waals surface area contributed by atoms with Gasteiger partial charge in [0.2, 0.25) is 5.91 Å². The summed E-state index contributed by atoms with van der Waals surface area (Å²) in [7, 11) is 0. The van der Waals surface area contributed by atoms with Crippen LogP contribution in [0, 0.1) is 5.41 Å². The van der Waals surface area contributed by atoms with E-state index in [1.165, 1.54) is 5.57 Å². The minimum atomic E-state index is -0.238. The molecule has 2 aliphatic heterocycles. The highest BCUT2D eigenvalue weighted by atomic mass is 16.5. The van der Waals surface area contributed by atoms with Gasteiger partial charge in [-0.1, -0.05) is 11.6 Å². The second-order valence-electron chi connectivity index (χ2n) is 4.93. The Morgan fingerprint density at radius 2 is 2.20 bits per heavy atom. The van der Waals surface area contributed by atoms with Crippen LogP contribution in [-0.2, 0) is 9.53 Å². The molecule has 0 aromatic heterocycles. The fourth-order valence-electron chi connectivity index (χ4n) is 2.11. The number of nitrogens with zero attached hydrogens (tertiary/aromatic N) is 1. The first-order valence-corrected chi connectivity index (χ1v) is 5.65. The van der Waals surface area contributed by atoms with Crippen LogP contribution in [-0.4, -0.2) is 37.1 Å². The van der Waals surface area contributed by atoms with E-state index in [9.17, 15) is 4.79 Å². The van der Waals surface area contributed by atoms with E-state index in [-0.39, 0.29) is 11.3 Å². The van der Waals surface area contributed by atoms with Gasteiger partial charge in [0.1, 0.15) is 0 Å². The van der Waals surface area contributed by atoms with Gasteiger partial charge < -0.3 is 9.64 Å². The number of hydrogen-bond acceptors (Lipinski definition) is 2. The molecule has 0 radical (unpaired) electrons. The Morgan fingerprint density at radius 1 is 1.47 bits per heavy atom. The molecule has 0 spiro atoms. The zero-order valence-electron chi connectivity index (χ0n) is 9.58. The fourth-order valence-corrected chi connectivity index (χ4v) is 2.11. The molecule has 2 heterocycles. The van der Waals surface area contributed by atoms with Gasteiger partial charge in [-0.2, -0.15) is 0 Å². The highest BCUT2D eigenvalue weighted by Crippen LogP contribution is 2.29. The van der Waals surface area contributed by atoms with Gasteiger partial charge in [0, 0.05) is 13.1 Å². The zero-order chi connectivity index (χ0) is 10.9. The Kier molecular flexibility index (Phi) is 2.83. The molecule has 0 aromatic carbocycles. The topological polar surface area (TPSA) is 29.5 Å². The van der Waals surface area contributed by atoms with Crippen molar-refractivity contribution in [2.75, 3.05) is 26.3 Å². The maximum atomic E-state index is 12.2. The molecule has 0 bridgehead atoms. The normalized spacial score (nSPS) is 25.2. The van der Waals surface area contributed by atoms with Gasteiger partial charge in [-0.3, -0.25) is 4.79 Å². The Balaban J connectivity index is 1.97. The Hall–Kier alpha value is -0.830. The third kappa shape index (κ3) is 2.07. The minimum Gasteiger partial charge on any atom is -0.379 e. The minimum absolute atomic E-state index is 0.238. The first-order chi connectivity index (χ1) is 7.12. The van der Waals surface area contributed by atoms with E-state index >= 15 is 0 Å². The Morgan fingerprint density at radius 3 is 2.80 bits per heavy atom. The van der Waals surface area contributed by atoms with E-state index in [0.29, 0.717) is 13.2 Å². The fraction of sp³-hybridized carbons (Fsp3) is 0.750. The predicted molar refractivity (Wildman–Crippen MR) is 58.5 cm³/mol. The van der Waals surface area contributed by atoms with Gasteiger partial charge in [0.05, 0.1) is 18.6 Å². The molecule has 2 rings (SSSR count). The third-order valence-corrected chi connectivity index (χ3v) is 3.31. The van der Waals surface area contributed by atoms with Crippen LogP contribution in [0.1, 0.15) is 26.7 Å². The van der Waals surface area contributed by atoms with Crippen molar-refractivity contribution in [3.8, 4) is 0 Å². The van der Waals surface area contributed by atoms with Crippen LogP contribution in [0.5, 0.6) is 0 Å². The van der Waals surface area contributed by atoms with Crippen LogP contribution < -0.4 is 0 Å². The summed E-state index contributed by atoms with van der Waals surface area (Å²) in [5.41, 5.74) is 1.17. The second-order valence-corrected chi connectivity index (χ2v) is 4.93. The molecule has 84 valence electrons. The monoisotopic (exact) mass is 209 g/mol. The van der Waals surface area contributed by atoms with Gasteiger partial charge in [-0.25, -0.2) is 0 Å². The molecule has 0 saturated carbocycles. The quantitative estimate of drug-likeness (QED) is 0.614. The van der Waals surface area contributed by atoms with Crippen molar-refractivity contribution in [3.63, 3.8) is 0 Å².